The van der Waals surface area contributed by atoms with Crippen LogP contribution in [0.5, 0.6) is 5.75 Å². The zero-order chi connectivity index (χ0) is 13.9. The Morgan fingerprint density at radius 2 is 1.89 bits per heavy atom. The van der Waals surface area contributed by atoms with Gasteiger partial charge < -0.3 is 10.0 Å². The van der Waals surface area contributed by atoms with Gasteiger partial charge in [0.15, 0.2) is 0 Å². The van der Waals surface area contributed by atoms with Crippen LogP contribution in [-0.4, -0.2) is 28.5 Å². The summed E-state index contributed by atoms with van der Waals surface area (Å²) in [5.74, 6) is 0.675. The summed E-state index contributed by atoms with van der Waals surface area (Å²) in [7, 11) is 0. The van der Waals surface area contributed by atoms with Crippen LogP contribution in [0, 0.1) is 12.8 Å². The van der Waals surface area contributed by atoms with Gasteiger partial charge in [0, 0.05) is 18.2 Å². The molecule has 1 amide bonds. The Hall–Kier alpha value is -1.51. The van der Waals surface area contributed by atoms with E-state index in [2.05, 4.69) is 13.8 Å². The van der Waals surface area contributed by atoms with Gasteiger partial charge in [-0.25, -0.2) is 0 Å². The van der Waals surface area contributed by atoms with E-state index < -0.39 is 0 Å². The molecule has 100 valence electrons. The van der Waals surface area contributed by atoms with Crippen molar-refractivity contribution in [2.24, 2.45) is 5.92 Å². The molecule has 0 spiro atoms. The van der Waals surface area contributed by atoms with Gasteiger partial charge in [0.05, 0.1) is 0 Å². The number of hydrogen-bond acceptors (Lipinski definition) is 2. The lowest BCUT2D eigenvalue weighted by Gasteiger charge is -2.29. The predicted octanol–water partition coefficient (Wildman–Crippen LogP) is 3.21. The van der Waals surface area contributed by atoms with Crippen LogP contribution in [0.1, 0.15) is 43.6 Å². The van der Waals surface area contributed by atoms with Crippen LogP contribution >= 0.6 is 0 Å². The minimum absolute atomic E-state index is 0.0381. The highest BCUT2D eigenvalue weighted by atomic mass is 16.3. The molecule has 0 aliphatic heterocycles. The second-order valence-corrected chi connectivity index (χ2v) is 5.44. The van der Waals surface area contributed by atoms with E-state index in [1.807, 2.05) is 25.7 Å². The Bertz CT molecular complexity index is 425. The maximum atomic E-state index is 12.5. The molecule has 18 heavy (non-hydrogen) atoms. The number of benzene rings is 1. The summed E-state index contributed by atoms with van der Waals surface area (Å²) in [5, 5.41) is 9.39. The Morgan fingerprint density at radius 3 is 2.33 bits per heavy atom. The first-order chi connectivity index (χ1) is 8.32. The van der Waals surface area contributed by atoms with Gasteiger partial charge in [0.25, 0.3) is 5.91 Å². The number of nitrogens with zero attached hydrogens (tertiary/aromatic N) is 1. The first kappa shape index (κ1) is 14.6. The van der Waals surface area contributed by atoms with Gasteiger partial charge in [-0.2, -0.15) is 0 Å². The van der Waals surface area contributed by atoms with Crippen LogP contribution in [-0.2, 0) is 0 Å². The number of hydrogen-bond donors (Lipinski definition) is 1. The molecule has 0 unspecified atom stereocenters. The number of phenols is 1. The van der Waals surface area contributed by atoms with Crippen molar-refractivity contribution >= 4 is 5.91 Å². The average molecular weight is 249 g/mol. The topological polar surface area (TPSA) is 40.5 Å². The number of carbonyl (C=O) groups excluding carboxylic acids is 1. The molecule has 0 aromatic heterocycles. The molecular weight excluding hydrogens is 226 g/mol. The number of aromatic hydroxyl groups is 1. The van der Waals surface area contributed by atoms with Gasteiger partial charge in [0.1, 0.15) is 5.75 Å². The minimum atomic E-state index is 0.0381. The molecule has 1 aromatic carbocycles. The normalized spacial score (nSPS) is 11.1. The molecule has 0 saturated carbocycles. The molecule has 0 atom stereocenters. The number of rotatable bonds is 4. The lowest BCUT2D eigenvalue weighted by atomic mass is 10.1. The van der Waals surface area contributed by atoms with Crippen molar-refractivity contribution in [1.29, 1.82) is 0 Å². The second kappa shape index (κ2) is 5.89. The smallest absolute Gasteiger partial charge is 0.254 e. The monoisotopic (exact) mass is 249 g/mol. The second-order valence-electron chi connectivity index (χ2n) is 5.44. The number of phenolic OH excluding ortho intramolecular Hbond substituents is 1. The Kier molecular flexibility index (Phi) is 4.76. The standard InChI is InChI=1S/C15H23NO2/c1-10(2)9-16(11(3)4)15(18)14-7-6-13(17)8-12(14)5/h6-8,10-11,17H,9H2,1-5H3. The molecule has 3 nitrogen and oxygen atoms in total. The van der Waals surface area contributed by atoms with Crippen molar-refractivity contribution in [3.8, 4) is 5.75 Å². The van der Waals surface area contributed by atoms with Crippen molar-refractivity contribution in [2.45, 2.75) is 40.7 Å². The van der Waals surface area contributed by atoms with E-state index >= 15 is 0 Å². The van der Waals surface area contributed by atoms with Crippen LogP contribution in [0.2, 0.25) is 0 Å². The number of amides is 1. The summed E-state index contributed by atoms with van der Waals surface area (Å²) < 4.78 is 0. The van der Waals surface area contributed by atoms with E-state index in [0.717, 1.165) is 12.1 Å². The lowest BCUT2D eigenvalue weighted by molar-refractivity contribution is 0.0681. The molecule has 1 aromatic rings. The van der Waals surface area contributed by atoms with Gasteiger partial charge in [0.2, 0.25) is 0 Å². The quantitative estimate of drug-likeness (QED) is 0.890. The zero-order valence-electron chi connectivity index (χ0n) is 11.9. The molecule has 0 aliphatic rings. The van der Waals surface area contributed by atoms with E-state index in [-0.39, 0.29) is 17.7 Å². The highest BCUT2D eigenvalue weighted by Gasteiger charge is 2.21. The third-order valence-electron chi connectivity index (χ3n) is 2.89. The molecule has 1 rings (SSSR count). The summed E-state index contributed by atoms with van der Waals surface area (Å²) in [6.45, 7) is 10.8. The van der Waals surface area contributed by atoms with Gasteiger partial charge >= 0.3 is 0 Å². The average Bonchev–Trinajstić information content (AvgIpc) is 2.24. The molecule has 0 aliphatic carbocycles. The van der Waals surface area contributed by atoms with Gasteiger partial charge in [-0.05, 0) is 50.5 Å². The fourth-order valence-corrected chi connectivity index (χ4v) is 1.96. The van der Waals surface area contributed by atoms with E-state index in [1.54, 1.807) is 18.2 Å². The van der Waals surface area contributed by atoms with Crippen molar-refractivity contribution in [3.05, 3.63) is 29.3 Å². The largest absolute Gasteiger partial charge is 0.508 e. The fraction of sp³-hybridized carbons (Fsp3) is 0.533. The summed E-state index contributed by atoms with van der Waals surface area (Å²) >= 11 is 0. The summed E-state index contributed by atoms with van der Waals surface area (Å²) in [6.07, 6.45) is 0. The van der Waals surface area contributed by atoms with Crippen LogP contribution < -0.4 is 0 Å². The van der Waals surface area contributed by atoms with Crippen molar-refractivity contribution < 1.29 is 9.90 Å². The first-order valence-electron chi connectivity index (χ1n) is 6.43. The lowest BCUT2D eigenvalue weighted by Crippen LogP contribution is -2.39. The first-order valence-corrected chi connectivity index (χ1v) is 6.43. The zero-order valence-corrected chi connectivity index (χ0v) is 11.9. The Labute approximate surface area is 109 Å². The maximum absolute atomic E-state index is 12.5. The van der Waals surface area contributed by atoms with Crippen molar-refractivity contribution in [2.75, 3.05) is 6.54 Å². The van der Waals surface area contributed by atoms with E-state index in [4.69, 9.17) is 0 Å². The third-order valence-corrected chi connectivity index (χ3v) is 2.89. The van der Waals surface area contributed by atoms with E-state index in [0.29, 0.717) is 11.5 Å². The summed E-state index contributed by atoms with van der Waals surface area (Å²) in [4.78, 5) is 14.4. The van der Waals surface area contributed by atoms with E-state index in [9.17, 15) is 9.90 Å². The number of aryl methyl sites for hydroxylation is 1. The van der Waals surface area contributed by atoms with Crippen molar-refractivity contribution in [3.63, 3.8) is 0 Å². The molecule has 0 saturated heterocycles. The Morgan fingerprint density at radius 1 is 1.28 bits per heavy atom. The van der Waals surface area contributed by atoms with Gasteiger partial charge in [-0.1, -0.05) is 13.8 Å². The van der Waals surface area contributed by atoms with Gasteiger partial charge in [-0.15, -0.1) is 0 Å². The van der Waals surface area contributed by atoms with Gasteiger partial charge in [-0.3, -0.25) is 4.79 Å². The molecule has 0 heterocycles. The highest BCUT2D eigenvalue weighted by Crippen LogP contribution is 2.19. The molecule has 0 radical (unpaired) electrons. The molecule has 1 N–H and O–H groups in total. The van der Waals surface area contributed by atoms with Crippen LogP contribution in [0.25, 0.3) is 0 Å². The third kappa shape index (κ3) is 3.49. The van der Waals surface area contributed by atoms with Crippen LogP contribution in [0.4, 0.5) is 0 Å². The SMILES string of the molecule is Cc1cc(O)ccc1C(=O)N(CC(C)C)C(C)C. The predicted molar refractivity (Wildman–Crippen MR) is 73.9 cm³/mol. The maximum Gasteiger partial charge on any atom is 0.254 e. The summed E-state index contributed by atoms with van der Waals surface area (Å²) in [5.41, 5.74) is 1.48. The molecule has 3 heteroatoms. The van der Waals surface area contributed by atoms with E-state index in [1.165, 1.54) is 0 Å². The van der Waals surface area contributed by atoms with Crippen LogP contribution in [0.15, 0.2) is 18.2 Å². The molecule has 0 bridgehead atoms. The van der Waals surface area contributed by atoms with Crippen LogP contribution in [0.3, 0.4) is 0 Å². The molecule has 0 fully saturated rings. The minimum Gasteiger partial charge on any atom is -0.508 e. The number of carbonyl (C=O) groups is 1. The van der Waals surface area contributed by atoms with Crippen molar-refractivity contribution in [1.82, 2.24) is 4.90 Å². The highest BCUT2D eigenvalue weighted by molar-refractivity contribution is 5.96. The summed E-state index contributed by atoms with van der Waals surface area (Å²) in [6, 6.07) is 5.06. The Balaban J connectivity index is 3.02. The molecular formula is C15H23NO2. The fourth-order valence-electron chi connectivity index (χ4n) is 1.96.